The van der Waals surface area contributed by atoms with E-state index in [9.17, 15) is 8.42 Å². The van der Waals surface area contributed by atoms with E-state index in [1.54, 1.807) is 6.20 Å². The third-order valence-electron chi connectivity index (χ3n) is 2.17. The second-order valence-corrected chi connectivity index (χ2v) is 7.94. The number of pyridine rings is 1. The van der Waals surface area contributed by atoms with Crippen LogP contribution >= 0.6 is 38.9 Å². The number of nitrogens with one attached hydrogen (secondary N) is 1. The van der Waals surface area contributed by atoms with E-state index in [-0.39, 0.29) is 16.6 Å². The molecule has 0 bridgehead atoms. The van der Waals surface area contributed by atoms with Crippen LogP contribution in [0.5, 0.6) is 0 Å². The zero-order valence-corrected chi connectivity index (χ0v) is 13.7. The van der Waals surface area contributed by atoms with Gasteiger partial charge in [-0.05, 0) is 28.9 Å². The molecular formula is C10H9BrClN3O2S2. The van der Waals surface area contributed by atoms with Gasteiger partial charge in [-0.2, -0.15) is 0 Å². The maximum absolute atomic E-state index is 12.1. The van der Waals surface area contributed by atoms with Crippen LogP contribution in [0.3, 0.4) is 0 Å². The third-order valence-corrected chi connectivity index (χ3v) is 5.34. The molecule has 0 spiro atoms. The molecule has 2 aromatic heterocycles. The Morgan fingerprint density at radius 2 is 2.16 bits per heavy atom. The van der Waals surface area contributed by atoms with Gasteiger partial charge in [-0.15, -0.1) is 11.3 Å². The molecule has 9 heteroatoms. The summed E-state index contributed by atoms with van der Waals surface area (Å²) in [6, 6.07) is 1.41. The number of sulfonamides is 1. The lowest BCUT2D eigenvalue weighted by atomic mass is 10.5. The fourth-order valence-electron chi connectivity index (χ4n) is 1.32. The van der Waals surface area contributed by atoms with E-state index in [2.05, 4.69) is 30.6 Å². The minimum atomic E-state index is -3.70. The summed E-state index contributed by atoms with van der Waals surface area (Å²) in [7, 11) is -3.70. The van der Waals surface area contributed by atoms with Crippen LogP contribution in [0.15, 0.2) is 27.8 Å². The first-order valence-electron chi connectivity index (χ1n) is 5.10. The molecule has 19 heavy (non-hydrogen) atoms. The number of hydrogen-bond donors (Lipinski definition) is 1. The molecule has 0 amide bonds. The second kappa shape index (κ2) is 5.84. The Hall–Kier alpha value is -0.540. The van der Waals surface area contributed by atoms with Gasteiger partial charge in [0.05, 0.1) is 5.01 Å². The summed E-state index contributed by atoms with van der Waals surface area (Å²) in [5, 5.41) is 0.826. The molecule has 102 valence electrons. The van der Waals surface area contributed by atoms with Gasteiger partial charge in [0.1, 0.15) is 10.0 Å². The minimum absolute atomic E-state index is 0.0511. The SMILES string of the molecule is Cc1ncc(CNS(=O)(=O)c2cc(Br)cnc2Cl)s1. The average molecular weight is 383 g/mol. The molecule has 0 fully saturated rings. The maximum Gasteiger partial charge on any atom is 0.244 e. The highest BCUT2D eigenvalue weighted by atomic mass is 79.9. The Bertz CT molecular complexity index is 703. The molecule has 0 aliphatic carbocycles. The summed E-state index contributed by atoms with van der Waals surface area (Å²) in [6.45, 7) is 2.04. The predicted molar refractivity (Wildman–Crippen MR) is 77.8 cm³/mol. The van der Waals surface area contributed by atoms with Crippen molar-refractivity contribution < 1.29 is 8.42 Å². The molecule has 0 atom stereocenters. The van der Waals surface area contributed by atoms with Crippen molar-refractivity contribution in [3.05, 3.63) is 38.0 Å². The first-order chi connectivity index (χ1) is 8.88. The van der Waals surface area contributed by atoms with Gasteiger partial charge in [0.25, 0.3) is 0 Å². The highest BCUT2D eigenvalue weighted by Crippen LogP contribution is 2.23. The van der Waals surface area contributed by atoms with E-state index < -0.39 is 10.0 Å². The van der Waals surface area contributed by atoms with Crippen molar-refractivity contribution in [3.63, 3.8) is 0 Å². The van der Waals surface area contributed by atoms with Gasteiger partial charge in [0, 0.05) is 28.3 Å². The van der Waals surface area contributed by atoms with Crippen LogP contribution in [0.25, 0.3) is 0 Å². The van der Waals surface area contributed by atoms with Gasteiger partial charge in [0.2, 0.25) is 10.0 Å². The van der Waals surface area contributed by atoms with Crippen molar-refractivity contribution in [1.82, 2.24) is 14.7 Å². The molecule has 2 aromatic rings. The van der Waals surface area contributed by atoms with E-state index in [0.29, 0.717) is 4.47 Å². The van der Waals surface area contributed by atoms with E-state index in [0.717, 1.165) is 9.88 Å². The molecule has 1 N–H and O–H groups in total. The highest BCUT2D eigenvalue weighted by molar-refractivity contribution is 9.10. The molecule has 0 saturated heterocycles. The number of nitrogens with zero attached hydrogens (tertiary/aromatic N) is 2. The molecule has 5 nitrogen and oxygen atoms in total. The summed E-state index contributed by atoms with van der Waals surface area (Å²) in [6.07, 6.45) is 3.08. The van der Waals surface area contributed by atoms with Gasteiger partial charge in [-0.3, -0.25) is 0 Å². The molecule has 0 radical (unpaired) electrons. The second-order valence-electron chi connectivity index (χ2n) is 3.61. The van der Waals surface area contributed by atoms with E-state index >= 15 is 0 Å². The van der Waals surface area contributed by atoms with Crippen molar-refractivity contribution in [2.75, 3.05) is 0 Å². The molecule has 0 saturated carbocycles. The Morgan fingerprint density at radius 1 is 1.42 bits per heavy atom. The summed E-state index contributed by atoms with van der Waals surface area (Å²) in [5.74, 6) is 0. The van der Waals surface area contributed by atoms with E-state index in [4.69, 9.17) is 11.6 Å². The number of aromatic nitrogens is 2. The first-order valence-corrected chi connectivity index (χ1v) is 8.57. The fraction of sp³-hybridized carbons (Fsp3) is 0.200. The lowest BCUT2D eigenvalue weighted by Crippen LogP contribution is -2.23. The van der Waals surface area contributed by atoms with Crippen LogP contribution in [0.4, 0.5) is 0 Å². The summed E-state index contributed by atoms with van der Waals surface area (Å²) in [4.78, 5) is 8.64. The van der Waals surface area contributed by atoms with Gasteiger partial charge >= 0.3 is 0 Å². The number of thiazole rings is 1. The lowest BCUT2D eigenvalue weighted by Gasteiger charge is -2.07. The zero-order chi connectivity index (χ0) is 14.0. The summed E-state index contributed by atoms with van der Waals surface area (Å²) in [5.41, 5.74) is 0. The normalized spacial score (nSPS) is 11.7. The third kappa shape index (κ3) is 3.73. The smallest absolute Gasteiger partial charge is 0.244 e. The van der Waals surface area contributed by atoms with Gasteiger partial charge in [-0.1, -0.05) is 11.6 Å². The molecule has 0 aliphatic rings. The maximum atomic E-state index is 12.1. The molecule has 2 rings (SSSR count). The predicted octanol–water partition coefficient (Wildman–Crippen LogP) is 2.74. The monoisotopic (exact) mass is 381 g/mol. The Labute approximate surface area is 128 Å². The molecule has 0 aliphatic heterocycles. The molecule has 2 heterocycles. The standard InChI is InChI=1S/C10H9BrClN3O2S2/c1-6-13-4-8(18-6)5-15-19(16,17)9-2-7(11)3-14-10(9)12/h2-4,15H,5H2,1H3. The van der Waals surface area contributed by atoms with E-state index in [1.807, 2.05) is 6.92 Å². The summed E-state index contributed by atoms with van der Waals surface area (Å²) >= 11 is 10.4. The van der Waals surface area contributed by atoms with Crippen molar-refractivity contribution >= 4 is 48.9 Å². The Morgan fingerprint density at radius 3 is 2.79 bits per heavy atom. The summed E-state index contributed by atoms with van der Waals surface area (Å²) < 4.78 is 27.2. The van der Waals surface area contributed by atoms with Gasteiger partial charge < -0.3 is 0 Å². The average Bonchev–Trinajstić information content (AvgIpc) is 2.76. The van der Waals surface area contributed by atoms with E-state index in [1.165, 1.54) is 23.6 Å². The highest BCUT2D eigenvalue weighted by Gasteiger charge is 2.19. The van der Waals surface area contributed by atoms with Crippen molar-refractivity contribution in [1.29, 1.82) is 0 Å². The quantitative estimate of drug-likeness (QED) is 0.825. The fourth-order valence-corrected chi connectivity index (χ4v) is 4.10. The first kappa shape index (κ1) is 14.9. The molecule has 0 unspecified atom stereocenters. The molecule has 0 aromatic carbocycles. The zero-order valence-electron chi connectivity index (χ0n) is 9.72. The van der Waals surface area contributed by atoms with Crippen molar-refractivity contribution in [2.45, 2.75) is 18.4 Å². The van der Waals surface area contributed by atoms with Crippen LogP contribution in [0, 0.1) is 6.92 Å². The number of rotatable bonds is 4. The van der Waals surface area contributed by atoms with Crippen LogP contribution in [-0.4, -0.2) is 18.4 Å². The van der Waals surface area contributed by atoms with Crippen LogP contribution < -0.4 is 4.72 Å². The van der Waals surface area contributed by atoms with Gasteiger partial charge in [-0.25, -0.2) is 23.1 Å². The van der Waals surface area contributed by atoms with Crippen molar-refractivity contribution in [3.8, 4) is 0 Å². The lowest BCUT2D eigenvalue weighted by molar-refractivity contribution is 0.581. The van der Waals surface area contributed by atoms with Crippen LogP contribution in [0.2, 0.25) is 5.15 Å². The van der Waals surface area contributed by atoms with Crippen LogP contribution in [-0.2, 0) is 16.6 Å². The van der Waals surface area contributed by atoms with Gasteiger partial charge in [0.15, 0.2) is 0 Å². The number of aryl methyl sites for hydroxylation is 1. The largest absolute Gasteiger partial charge is 0.250 e. The minimum Gasteiger partial charge on any atom is -0.250 e. The topological polar surface area (TPSA) is 72.0 Å². The van der Waals surface area contributed by atoms with Crippen molar-refractivity contribution in [2.24, 2.45) is 0 Å². The van der Waals surface area contributed by atoms with Crippen LogP contribution in [0.1, 0.15) is 9.88 Å². The Balaban J connectivity index is 2.20. The number of hydrogen-bond acceptors (Lipinski definition) is 5. The number of halogens is 2. The Kier molecular flexibility index (Phi) is 4.57. The molecular weight excluding hydrogens is 374 g/mol.